The topological polar surface area (TPSA) is 46.2 Å². The first-order chi connectivity index (χ1) is 8.97. The van der Waals surface area contributed by atoms with Gasteiger partial charge in [-0.1, -0.05) is 35.0 Å². The molecule has 2 rings (SSSR count). The van der Waals surface area contributed by atoms with Gasteiger partial charge >= 0.3 is 0 Å². The fourth-order valence-electron chi connectivity index (χ4n) is 2.52. The Hall–Kier alpha value is -0.390. The van der Waals surface area contributed by atoms with E-state index in [1.54, 1.807) is 0 Å². The number of hydrogen-bond donors (Lipinski definition) is 1. The largest absolute Gasteiger partial charge is 0.315 e. The molecule has 0 amide bonds. The molecule has 1 N–H and O–H groups in total. The van der Waals surface area contributed by atoms with Gasteiger partial charge in [-0.2, -0.15) is 0 Å². The molecular formula is C14H20BrNO2S. The van der Waals surface area contributed by atoms with Gasteiger partial charge in [0.1, 0.15) is 9.84 Å². The van der Waals surface area contributed by atoms with Gasteiger partial charge in [-0.25, -0.2) is 8.42 Å². The van der Waals surface area contributed by atoms with E-state index in [2.05, 4.69) is 33.4 Å². The summed E-state index contributed by atoms with van der Waals surface area (Å²) in [6, 6.07) is 8.24. The van der Waals surface area contributed by atoms with Crippen molar-refractivity contribution in [2.45, 2.75) is 25.2 Å². The maximum Gasteiger partial charge on any atom is 0.150 e. The van der Waals surface area contributed by atoms with Crippen molar-refractivity contribution in [2.24, 2.45) is 0 Å². The third-order valence-corrected chi connectivity index (χ3v) is 6.18. The number of sulfone groups is 1. The molecule has 19 heavy (non-hydrogen) atoms. The summed E-state index contributed by atoms with van der Waals surface area (Å²) in [4.78, 5) is 0. The summed E-state index contributed by atoms with van der Waals surface area (Å²) in [7, 11) is -2.89. The fraction of sp³-hybridized carbons (Fsp3) is 0.571. The Morgan fingerprint density at radius 3 is 2.32 bits per heavy atom. The van der Waals surface area contributed by atoms with E-state index in [9.17, 15) is 8.42 Å². The SMILES string of the molecule is CCCS(=O)(=O)CCC1(c2ccc(Br)cc2)CNC1. The van der Waals surface area contributed by atoms with Crippen LogP contribution >= 0.6 is 15.9 Å². The van der Waals surface area contributed by atoms with Gasteiger partial charge in [-0.3, -0.25) is 0 Å². The van der Waals surface area contributed by atoms with Crippen LogP contribution in [0.4, 0.5) is 0 Å². The second kappa shape index (κ2) is 5.94. The van der Waals surface area contributed by atoms with Gasteiger partial charge in [0.05, 0.1) is 5.75 Å². The molecule has 1 fully saturated rings. The quantitative estimate of drug-likeness (QED) is 0.861. The highest BCUT2D eigenvalue weighted by atomic mass is 79.9. The lowest BCUT2D eigenvalue weighted by atomic mass is 9.73. The van der Waals surface area contributed by atoms with E-state index in [0.717, 1.165) is 17.6 Å². The second-order valence-corrected chi connectivity index (χ2v) is 8.51. The van der Waals surface area contributed by atoms with Gasteiger partial charge in [-0.05, 0) is 30.5 Å². The van der Waals surface area contributed by atoms with Crippen molar-refractivity contribution >= 4 is 25.8 Å². The Morgan fingerprint density at radius 2 is 1.84 bits per heavy atom. The van der Waals surface area contributed by atoms with Crippen LogP contribution in [0, 0.1) is 0 Å². The van der Waals surface area contributed by atoms with Gasteiger partial charge < -0.3 is 5.32 Å². The van der Waals surface area contributed by atoms with Crippen molar-refractivity contribution in [3.05, 3.63) is 34.3 Å². The van der Waals surface area contributed by atoms with Gasteiger partial charge in [0, 0.05) is 28.7 Å². The summed E-state index contributed by atoms with van der Waals surface area (Å²) in [5.74, 6) is 0.593. The number of halogens is 1. The molecule has 0 saturated carbocycles. The molecule has 0 radical (unpaired) electrons. The molecule has 0 unspecified atom stereocenters. The average molecular weight is 346 g/mol. The Kier molecular flexibility index (Phi) is 4.69. The average Bonchev–Trinajstić information content (AvgIpc) is 2.29. The Labute approximate surface area is 123 Å². The Bertz CT molecular complexity index is 521. The van der Waals surface area contributed by atoms with E-state index in [4.69, 9.17) is 0 Å². The van der Waals surface area contributed by atoms with Crippen LogP contribution in [0.25, 0.3) is 0 Å². The first-order valence-corrected chi connectivity index (χ1v) is 9.26. The summed E-state index contributed by atoms with van der Waals surface area (Å²) in [5.41, 5.74) is 1.24. The molecule has 0 aromatic heterocycles. The summed E-state index contributed by atoms with van der Waals surface area (Å²) in [6.45, 7) is 3.65. The number of nitrogens with one attached hydrogen (secondary N) is 1. The molecule has 1 aromatic rings. The van der Waals surface area contributed by atoms with Crippen LogP contribution in [0.3, 0.4) is 0 Å². The zero-order valence-corrected chi connectivity index (χ0v) is 13.6. The van der Waals surface area contributed by atoms with Crippen LogP contribution in [-0.2, 0) is 15.3 Å². The second-order valence-electron chi connectivity index (χ2n) is 5.29. The Balaban J connectivity index is 2.09. The third-order valence-electron chi connectivity index (χ3n) is 3.79. The van der Waals surface area contributed by atoms with E-state index in [0.29, 0.717) is 24.3 Å². The maximum absolute atomic E-state index is 11.9. The normalized spacial score (nSPS) is 18.0. The Morgan fingerprint density at radius 1 is 1.21 bits per heavy atom. The lowest BCUT2D eigenvalue weighted by Gasteiger charge is -2.43. The van der Waals surface area contributed by atoms with Crippen molar-refractivity contribution in [2.75, 3.05) is 24.6 Å². The molecule has 106 valence electrons. The molecule has 1 saturated heterocycles. The summed E-state index contributed by atoms with van der Waals surface area (Å²) in [6.07, 6.45) is 1.41. The van der Waals surface area contributed by atoms with Crippen LogP contribution in [0.5, 0.6) is 0 Å². The number of benzene rings is 1. The van der Waals surface area contributed by atoms with Crippen LogP contribution in [0.1, 0.15) is 25.3 Å². The zero-order valence-electron chi connectivity index (χ0n) is 11.2. The van der Waals surface area contributed by atoms with E-state index >= 15 is 0 Å². The predicted molar refractivity (Wildman–Crippen MR) is 82.3 cm³/mol. The molecule has 3 nitrogen and oxygen atoms in total. The van der Waals surface area contributed by atoms with Gasteiger partial charge in [0.25, 0.3) is 0 Å². The van der Waals surface area contributed by atoms with E-state index < -0.39 is 9.84 Å². The summed E-state index contributed by atoms with van der Waals surface area (Å²) < 4.78 is 24.8. The molecule has 1 heterocycles. The monoisotopic (exact) mass is 345 g/mol. The van der Waals surface area contributed by atoms with Crippen LogP contribution in [-0.4, -0.2) is 33.0 Å². The molecule has 0 atom stereocenters. The molecule has 5 heteroatoms. The summed E-state index contributed by atoms with van der Waals surface area (Å²) >= 11 is 3.43. The highest BCUT2D eigenvalue weighted by Crippen LogP contribution is 2.33. The lowest BCUT2D eigenvalue weighted by molar-refractivity contribution is 0.268. The molecule has 0 bridgehead atoms. The minimum Gasteiger partial charge on any atom is -0.315 e. The minimum atomic E-state index is -2.89. The van der Waals surface area contributed by atoms with Crippen molar-refractivity contribution in [3.63, 3.8) is 0 Å². The van der Waals surface area contributed by atoms with E-state index in [1.165, 1.54) is 5.56 Å². The molecule has 1 aliphatic heterocycles. The first kappa shape index (κ1) is 15.0. The predicted octanol–water partition coefficient (Wildman–Crippen LogP) is 2.51. The fourth-order valence-corrected chi connectivity index (χ4v) is 4.31. The first-order valence-electron chi connectivity index (χ1n) is 6.65. The molecule has 1 aliphatic rings. The van der Waals surface area contributed by atoms with Gasteiger partial charge in [-0.15, -0.1) is 0 Å². The third kappa shape index (κ3) is 3.58. The van der Waals surface area contributed by atoms with Crippen LogP contribution in [0.2, 0.25) is 0 Å². The zero-order chi connectivity index (χ0) is 13.9. The maximum atomic E-state index is 11.9. The van der Waals surface area contributed by atoms with Crippen LogP contribution in [0.15, 0.2) is 28.7 Å². The molecule has 1 aromatic carbocycles. The number of rotatable bonds is 6. The van der Waals surface area contributed by atoms with Crippen LogP contribution < -0.4 is 5.32 Å². The number of hydrogen-bond acceptors (Lipinski definition) is 3. The minimum absolute atomic E-state index is 0.00150. The van der Waals surface area contributed by atoms with Crippen molar-refractivity contribution in [1.82, 2.24) is 5.32 Å². The lowest BCUT2D eigenvalue weighted by Crippen LogP contribution is -2.57. The van der Waals surface area contributed by atoms with Crippen molar-refractivity contribution in [1.29, 1.82) is 0 Å². The van der Waals surface area contributed by atoms with Gasteiger partial charge in [0.2, 0.25) is 0 Å². The van der Waals surface area contributed by atoms with E-state index in [1.807, 2.05) is 19.1 Å². The smallest absolute Gasteiger partial charge is 0.150 e. The summed E-state index contributed by atoms with van der Waals surface area (Å²) in [5, 5.41) is 3.28. The van der Waals surface area contributed by atoms with E-state index in [-0.39, 0.29) is 5.41 Å². The standard InChI is InChI=1S/C14H20BrNO2S/c1-2-8-19(17,18)9-7-14(10-16-11-14)12-3-5-13(15)6-4-12/h3-6,16H,2,7-11H2,1H3. The van der Waals surface area contributed by atoms with Crippen molar-refractivity contribution < 1.29 is 8.42 Å². The highest BCUT2D eigenvalue weighted by molar-refractivity contribution is 9.10. The molecular weight excluding hydrogens is 326 g/mol. The van der Waals surface area contributed by atoms with Crippen molar-refractivity contribution in [3.8, 4) is 0 Å². The molecule has 0 spiro atoms. The van der Waals surface area contributed by atoms with Gasteiger partial charge in [0.15, 0.2) is 0 Å². The molecule has 0 aliphatic carbocycles. The highest BCUT2D eigenvalue weighted by Gasteiger charge is 2.39.